The van der Waals surface area contributed by atoms with Crippen molar-refractivity contribution in [2.24, 2.45) is 11.3 Å². The average molecular weight is 239 g/mol. The summed E-state index contributed by atoms with van der Waals surface area (Å²) in [6.45, 7) is 5.82. The Morgan fingerprint density at radius 1 is 1.24 bits per heavy atom. The number of piperidine rings is 1. The number of nitrogens with zero attached hydrogens (tertiary/aromatic N) is 1. The number of carbonyl (C=O) groups is 1. The van der Waals surface area contributed by atoms with Gasteiger partial charge in [-0.05, 0) is 31.1 Å². The number of hydrogen-bond acceptors (Lipinski definition) is 2. The molecule has 2 unspecified atom stereocenters. The Hall–Kier alpha value is -0.570. The summed E-state index contributed by atoms with van der Waals surface area (Å²) in [6.07, 6.45) is 6.09. The predicted octanol–water partition coefficient (Wildman–Crippen LogP) is 2.19. The first-order valence-corrected chi connectivity index (χ1v) is 6.97. The zero-order valence-corrected chi connectivity index (χ0v) is 11.1. The summed E-state index contributed by atoms with van der Waals surface area (Å²) in [5.74, 6) is 0.454. The van der Waals surface area contributed by atoms with E-state index in [0.29, 0.717) is 6.54 Å². The molecular weight excluding hydrogens is 214 g/mol. The lowest BCUT2D eigenvalue weighted by atomic mass is 9.68. The van der Waals surface area contributed by atoms with Crippen LogP contribution in [0.4, 0.5) is 0 Å². The number of likely N-dealkylation sites (tertiary alicyclic amines) is 1. The van der Waals surface area contributed by atoms with Crippen molar-refractivity contribution in [1.82, 2.24) is 4.90 Å². The van der Waals surface area contributed by atoms with Crippen molar-refractivity contribution in [3.8, 4) is 0 Å². The minimum Gasteiger partial charge on any atom is -0.391 e. The first-order valence-electron chi connectivity index (χ1n) is 6.97. The molecule has 0 bridgehead atoms. The lowest BCUT2D eigenvalue weighted by Gasteiger charge is -2.41. The van der Waals surface area contributed by atoms with E-state index in [0.717, 1.165) is 32.2 Å². The predicted molar refractivity (Wildman–Crippen MR) is 67.6 cm³/mol. The highest BCUT2D eigenvalue weighted by molar-refractivity contribution is 5.79. The molecule has 2 rings (SSSR count). The van der Waals surface area contributed by atoms with Crippen LogP contribution in [0.5, 0.6) is 0 Å². The highest BCUT2D eigenvalue weighted by Crippen LogP contribution is 2.41. The van der Waals surface area contributed by atoms with Crippen LogP contribution in [-0.2, 0) is 4.79 Å². The van der Waals surface area contributed by atoms with Crippen LogP contribution in [0.1, 0.15) is 52.4 Å². The molecule has 0 radical (unpaired) electrons. The quantitative estimate of drug-likeness (QED) is 0.762. The molecule has 1 saturated carbocycles. The Morgan fingerprint density at radius 2 is 2.00 bits per heavy atom. The topological polar surface area (TPSA) is 40.5 Å². The molecule has 2 fully saturated rings. The number of aliphatic hydroxyl groups is 1. The molecule has 3 nitrogen and oxygen atoms in total. The third kappa shape index (κ3) is 2.82. The summed E-state index contributed by atoms with van der Waals surface area (Å²) in [7, 11) is 0. The summed E-state index contributed by atoms with van der Waals surface area (Å²) < 4.78 is 0. The van der Waals surface area contributed by atoms with Crippen LogP contribution in [0.2, 0.25) is 0 Å². The van der Waals surface area contributed by atoms with E-state index in [1.54, 1.807) is 0 Å². The van der Waals surface area contributed by atoms with Gasteiger partial charge in [0.15, 0.2) is 0 Å². The van der Waals surface area contributed by atoms with Crippen molar-refractivity contribution in [3.63, 3.8) is 0 Å². The highest BCUT2D eigenvalue weighted by Gasteiger charge is 2.39. The number of hydrogen-bond donors (Lipinski definition) is 1. The van der Waals surface area contributed by atoms with Gasteiger partial charge in [-0.15, -0.1) is 0 Å². The monoisotopic (exact) mass is 239 g/mol. The van der Waals surface area contributed by atoms with Gasteiger partial charge in [0, 0.05) is 19.0 Å². The Bertz CT molecular complexity index is 288. The van der Waals surface area contributed by atoms with E-state index >= 15 is 0 Å². The maximum atomic E-state index is 12.5. The van der Waals surface area contributed by atoms with Crippen molar-refractivity contribution in [3.05, 3.63) is 0 Å². The zero-order valence-electron chi connectivity index (χ0n) is 11.1. The van der Waals surface area contributed by atoms with Gasteiger partial charge < -0.3 is 10.0 Å². The summed E-state index contributed by atoms with van der Waals surface area (Å²) in [5, 5.41) is 9.66. The second-order valence-corrected chi connectivity index (χ2v) is 6.37. The molecular formula is C14H25NO2. The Balaban J connectivity index is 2.02. The molecule has 1 N–H and O–H groups in total. The first-order chi connectivity index (χ1) is 8.00. The van der Waals surface area contributed by atoms with Gasteiger partial charge in [0.05, 0.1) is 6.10 Å². The van der Waals surface area contributed by atoms with E-state index in [9.17, 15) is 9.90 Å². The van der Waals surface area contributed by atoms with Crippen molar-refractivity contribution in [2.45, 2.75) is 58.5 Å². The lowest BCUT2D eigenvalue weighted by Crippen LogP contribution is -2.48. The van der Waals surface area contributed by atoms with Crippen LogP contribution < -0.4 is 0 Å². The summed E-state index contributed by atoms with van der Waals surface area (Å²) >= 11 is 0. The maximum Gasteiger partial charge on any atom is 0.226 e. The number of aliphatic hydroxyl groups excluding tert-OH is 1. The van der Waals surface area contributed by atoms with Crippen LogP contribution in [0.15, 0.2) is 0 Å². The van der Waals surface area contributed by atoms with Crippen molar-refractivity contribution in [2.75, 3.05) is 13.1 Å². The van der Waals surface area contributed by atoms with E-state index < -0.39 is 0 Å². The average Bonchev–Trinajstić information content (AvgIpc) is 2.27. The number of β-amino-alcohol motifs (C(OH)–C–C–N with tert-alkyl or cyclic N) is 1. The molecule has 0 aromatic rings. The molecule has 1 aliphatic heterocycles. The molecule has 98 valence electrons. The molecule has 1 amide bonds. The zero-order chi connectivity index (χ0) is 12.5. The molecule has 1 heterocycles. The summed E-state index contributed by atoms with van der Waals surface area (Å²) in [5.41, 5.74) is 0.137. The fourth-order valence-corrected chi connectivity index (χ4v) is 3.33. The lowest BCUT2D eigenvalue weighted by molar-refractivity contribution is -0.144. The SMILES string of the molecule is CC1(C)CCCCC1C(=O)N1CCCC(O)C1. The van der Waals surface area contributed by atoms with E-state index in [1.165, 1.54) is 12.8 Å². The van der Waals surface area contributed by atoms with E-state index in [-0.39, 0.29) is 23.3 Å². The second-order valence-electron chi connectivity index (χ2n) is 6.37. The number of carbonyl (C=O) groups excluding carboxylic acids is 1. The summed E-state index contributed by atoms with van der Waals surface area (Å²) in [4.78, 5) is 14.4. The smallest absolute Gasteiger partial charge is 0.226 e. The first kappa shape index (κ1) is 12.9. The maximum absolute atomic E-state index is 12.5. The second kappa shape index (κ2) is 4.97. The number of rotatable bonds is 1. The normalized spacial score (nSPS) is 33.5. The molecule has 0 aromatic carbocycles. The van der Waals surface area contributed by atoms with Crippen LogP contribution in [0, 0.1) is 11.3 Å². The Morgan fingerprint density at radius 3 is 2.65 bits per heavy atom. The van der Waals surface area contributed by atoms with Gasteiger partial charge >= 0.3 is 0 Å². The van der Waals surface area contributed by atoms with Crippen LogP contribution in [0.3, 0.4) is 0 Å². The molecule has 2 aliphatic rings. The molecule has 1 saturated heterocycles. The van der Waals surface area contributed by atoms with Crippen molar-refractivity contribution in [1.29, 1.82) is 0 Å². The number of amides is 1. The largest absolute Gasteiger partial charge is 0.391 e. The Labute approximate surface area is 104 Å². The minimum absolute atomic E-state index is 0.137. The fraction of sp³-hybridized carbons (Fsp3) is 0.929. The van der Waals surface area contributed by atoms with E-state index in [4.69, 9.17) is 0 Å². The molecule has 3 heteroatoms. The molecule has 1 aliphatic carbocycles. The van der Waals surface area contributed by atoms with Gasteiger partial charge in [-0.2, -0.15) is 0 Å². The van der Waals surface area contributed by atoms with Crippen molar-refractivity contribution < 1.29 is 9.90 Å². The van der Waals surface area contributed by atoms with Gasteiger partial charge in [-0.1, -0.05) is 26.7 Å². The summed E-state index contributed by atoms with van der Waals surface area (Å²) in [6, 6.07) is 0. The van der Waals surface area contributed by atoms with Crippen LogP contribution in [-0.4, -0.2) is 35.1 Å². The van der Waals surface area contributed by atoms with Crippen LogP contribution >= 0.6 is 0 Å². The standard InChI is InChI=1S/C14H25NO2/c1-14(2)8-4-3-7-12(14)13(17)15-9-5-6-11(16)10-15/h11-12,16H,3-10H2,1-2H3. The van der Waals surface area contributed by atoms with Gasteiger partial charge in [-0.3, -0.25) is 4.79 Å². The van der Waals surface area contributed by atoms with Gasteiger partial charge in [-0.25, -0.2) is 0 Å². The van der Waals surface area contributed by atoms with Gasteiger partial charge in [0.25, 0.3) is 0 Å². The highest BCUT2D eigenvalue weighted by atomic mass is 16.3. The third-order valence-corrected chi connectivity index (χ3v) is 4.51. The molecule has 0 aromatic heterocycles. The molecule has 0 spiro atoms. The van der Waals surface area contributed by atoms with Crippen molar-refractivity contribution >= 4 is 5.91 Å². The van der Waals surface area contributed by atoms with Gasteiger partial charge in [0.2, 0.25) is 5.91 Å². The van der Waals surface area contributed by atoms with E-state index in [1.807, 2.05) is 4.90 Å². The minimum atomic E-state index is -0.306. The molecule has 2 atom stereocenters. The third-order valence-electron chi connectivity index (χ3n) is 4.51. The van der Waals surface area contributed by atoms with Gasteiger partial charge in [0.1, 0.15) is 0 Å². The molecule has 17 heavy (non-hydrogen) atoms. The van der Waals surface area contributed by atoms with Crippen LogP contribution in [0.25, 0.3) is 0 Å². The Kier molecular flexibility index (Phi) is 3.76. The van der Waals surface area contributed by atoms with E-state index in [2.05, 4.69) is 13.8 Å². The fourth-order valence-electron chi connectivity index (χ4n) is 3.33.